The minimum atomic E-state index is -0.423. The fourth-order valence-corrected chi connectivity index (χ4v) is 3.21. The summed E-state index contributed by atoms with van der Waals surface area (Å²) in [4.78, 5) is 12.6. The molecule has 0 saturated heterocycles. The second-order valence-electron chi connectivity index (χ2n) is 5.77. The molecule has 20 heavy (non-hydrogen) atoms. The molecule has 0 radical (unpaired) electrons. The number of hydrogen-bond acceptors (Lipinski definition) is 2. The third kappa shape index (κ3) is 2.10. The summed E-state index contributed by atoms with van der Waals surface area (Å²) in [7, 11) is 1.94. The predicted octanol–water partition coefficient (Wildman–Crippen LogP) is 2.21. The van der Waals surface area contributed by atoms with Crippen molar-refractivity contribution in [2.75, 3.05) is 6.61 Å². The molecule has 4 heteroatoms. The van der Waals surface area contributed by atoms with E-state index in [1.807, 2.05) is 42.1 Å². The van der Waals surface area contributed by atoms with Gasteiger partial charge in [-0.3, -0.25) is 4.79 Å². The molecule has 1 amide bonds. The Morgan fingerprint density at radius 1 is 1.35 bits per heavy atom. The minimum Gasteiger partial charge on any atom is -0.394 e. The zero-order chi connectivity index (χ0) is 14.2. The van der Waals surface area contributed by atoms with E-state index in [0.717, 1.165) is 36.6 Å². The fourth-order valence-electron chi connectivity index (χ4n) is 3.21. The van der Waals surface area contributed by atoms with Crippen molar-refractivity contribution < 1.29 is 9.90 Å². The topological polar surface area (TPSA) is 54.3 Å². The number of nitrogens with one attached hydrogen (secondary N) is 1. The zero-order valence-electron chi connectivity index (χ0n) is 11.7. The molecule has 0 unspecified atom stereocenters. The van der Waals surface area contributed by atoms with E-state index < -0.39 is 5.54 Å². The molecule has 0 atom stereocenters. The van der Waals surface area contributed by atoms with Crippen molar-refractivity contribution in [3.63, 3.8) is 0 Å². The fraction of sp³-hybridized carbons (Fsp3) is 0.438. The lowest BCUT2D eigenvalue weighted by Gasteiger charge is -2.27. The maximum Gasteiger partial charge on any atom is 0.253 e. The van der Waals surface area contributed by atoms with Crippen LogP contribution in [0.5, 0.6) is 0 Å². The van der Waals surface area contributed by atoms with Crippen LogP contribution in [0.3, 0.4) is 0 Å². The number of rotatable bonds is 3. The average Bonchev–Trinajstić information content (AvgIpc) is 3.05. The van der Waals surface area contributed by atoms with Crippen LogP contribution in [0, 0.1) is 0 Å². The minimum absolute atomic E-state index is 0.0174. The molecule has 1 aliphatic rings. The van der Waals surface area contributed by atoms with Crippen LogP contribution >= 0.6 is 0 Å². The van der Waals surface area contributed by atoms with Gasteiger partial charge in [0.25, 0.3) is 5.91 Å². The van der Waals surface area contributed by atoms with Crippen molar-refractivity contribution in [3.05, 3.63) is 36.0 Å². The second-order valence-corrected chi connectivity index (χ2v) is 5.77. The third-order valence-corrected chi connectivity index (χ3v) is 4.38. The average molecular weight is 272 g/mol. The number of amides is 1. The highest BCUT2D eigenvalue weighted by Gasteiger charge is 2.35. The summed E-state index contributed by atoms with van der Waals surface area (Å²) in [5.74, 6) is -0.0854. The lowest BCUT2D eigenvalue weighted by atomic mass is 9.98. The predicted molar refractivity (Wildman–Crippen MR) is 78.7 cm³/mol. The normalized spacial score (nSPS) is 17.5. The maximum atomic E-state index is 12.6. The van der Waals surface area contributed by atoms with Crippen molar-refractivity contribution >= 4 is 16.8 Å². The Balaban J connectivity index is 1.93. The van der Waals surface area contributed by atoms with Crippen LogP contribution < -0.4 is 5.32 Å². The van der Waals surface area contributed by atoms with E-state index in [9.17, 15) is 9.90 Å². The molecule has 1 aliphatic carbocycles. The van der Waals surface area contributed by atoms with Crippen molar-refractivity contribution in [1.82, 2.24) is 9.88 Å². The van der Waals surface area contributed by atoms with Crippen LogP contribution in [0.4, 0.5) is 0 Å². The number of aliphatic hydroxyl groups is 1. The van der Waals surface area contributed by atoms with Crippen molar-refractivity contribution in [2.24, 2.45) is 7.05 Å². The summed E-state index contributed by atoms with van der Waals surface area (Å²) < 4.78 is 1.96. The number of hydrogen-bond donors (Lipinski definition) is 2. The Hall–Kier alpha value is -1.81. The van der Waals surface area contributed by atoms with Crippen LogP contribution in [0.25, 0.3) is 10.9 Å². The molecular weight excluding hydrogens is 252 g/mol. The molecule has 1 aromatic heterocycles. The van der Waals surface area contributed by atoms with E-state index in [1.54, 1.807) is 0 Å². The van der Waals surface area contributed by atoms with Crippen molar-refractivity contribution in [2.45, 2.75) is 31.2 Å². The first kappa shape index (κ1) is 13.2. The number of aromatic nitrogens is 1. The van der Waals surface area contributed by atoms with Gasteiger partial charge in [-0.05, 0) is 18.9 Å². The van der Waals surface area contributed by atoms with Gasteiger partial charge in [0.05, 0.1) is 17.7 Å². The first-order valence-electron chi connectivity index (χ1n) is 7.13. The van der Waals surface area contributed by atoms with Gasteiger partial charge in [0.2, 0.25) is 0 Å². The van der Waals surface area contributed by atoms with Gasteiger partial charge in [0.1, 0.15) is 0 Å². The van der Waals surface area contributed by atoms with E-state index in [2.05, 4.69) is 5.32 Å². The summed E-state index contributed by atoms with van der Waals surface area (Å²) in [5.41, 5.74) is 1.30. The Bertz CT molecular complexity index is 639. The Morgan fingerprint density at radius 2 is 2.05 bits per heavy atom. The van der Waals surface area contributed by atoms with Crippen LogP contribution in [0.15, 0.2) is 30.5 Å². The number of benzene rings is 1. The molecule has 4 nitrogen and oxygen atoms in total. The van der Waals surface area contributed by atoms with Gasteiger partial charge in [0, 0.05) is 24.1 Å². The molecule has 0 bridgehead atoms. The number of nitrogens with zero attached hydrogens (tertiary/aromatic N) is 1. The molecular formula is C16H20N2O2. The highest BCUT2D eigenvalue weighted by atomic mass is 16.3. The number of para-hydroxylation sites is 1. The largest absolute Gasteiger partial charge is 0.394 e. The highest BCUT2D eigenvalue weighted by Crippen LogP contribution is 2.30. The molecule has 1 saturated carbocycles. The second kappa shape index (κ2) is 4.94. The summed E-state index contributed by atoms with van der Waals surface area (Å²) in [6, 6.07) is 7.88. The van der Waals surface area contributed by atoms with E-state index in [4.69, 9.17) is 0 Å². The molecule has 106 valence electrons. The van der Waals surface area contributed by atoms with Crippen molar-refractivity contribution in [1.29, 1.82) is 0 Å². The molecule has 3 rings (SSSR count). The highest BCUT2D eigenvalue weighted by molar-refractivity contribution is 6.07. The first-order valence-corrected chi connectivity index (χ1v) is 7.13. The summed E-state index contributed by atoms with van der Waals surface area (Å²) in [6.45, 7) is 0.0174. The molecule has 0 spiro atoms. The number of carbonyl (C=O) groups is 1. The van der Waals surface area contributed by atoms with Gasteiger partial charge in [-0.1, -0.05) is 31.0 Å². The van der Waals surface area contributed by atoms with E-state index >= 15 is 0 Å². The van der Waals surface area contributed by atoms with Crippen LogP contribution in [-0.4, -0.2) is 27.7 Å². The van der Waals surface area contributed by atoms with E-state index in [-0.39, 0.29) is 12.5 Å². The van der Waals surface area contributed by atoms with Gasteiger partial charge in [-0.2, -0.15) is 0 Å². The van der Waals surface area contributed by atoms with E-state index in [0.29, 0.717) is 5.56 Å². The molecule has 0 aliphatic heterocycles. The Morgan fingerprint density at radius 3 is 2.75 bits per heavy atom. The molecule has 2 N–H and O–H groups in total. The Labute approximate surface area is 118 Å². The number of aryl methyl sites for hydroxylation is 1. The number of aliphatic hydroxyl groups excluding tert-OH is 1. The number of fused-ring (bicyclic) bond motifs is 1. The van der Waals surface area contributed by atoms with Gasteiger partial charge in [0.15, 0.2) is 0 Å². The van der Waals surface area contributed by atoms with Crippen molar-refractivity contribution in [3.8, 4) is 0 Å². The first-order chi connectivity index (χ1) is 9.65. The van der Waals surface area contributed by atoms with Crippen LogP contribution in [-0.2, 0) is 7.05 Å². The van der Waals surface area contributed by atoms with Gasteiger partial charge in [-0.15, -0.1) is 0 Å². The lowest BCUT2D eigenvalue weighted by molar-refractivity contribution is 0.0840. The monoisotopic (exact) mass is 272 g/mol. The van der Waals surface area contributed by atoms with Crippen LogP contribution in [0.1, 0.15) is 36.0 Å². The molecule has 1 fully saturated rings. The van der Waals surface area contributed by atoms with Gasteiger partial charge < -0.3 is 15.0 Å². The standard InChI is InChI=1S/C16H20N2O2/c1-18-10-13(12-6-2-3-7-14(12)18)15(20)17-16(11-19)8-4-5-9-16/h2-3,6-7,10,19H,4-5,8-9,11H2,1H3,(H,17,20). The summed E-state index contributed by atoms with van der Waals surface area (Å²) in [5, 5.41) is 13.6. The lowest BCUT2D eigenvalue weighted by Crippen LogP contribution is -2.49. The molecule has 2 aromatic rings. The quantitative estimate of drug-likeness (QED) is 0.900. The summed E-state index contributed by atoms with van der Waals surface area (Å²) in [6.07, 6.45) is 5.72. The molecule has 1 heterocycles. The van der Waals surface area contributed by atoms with Gasteiger partial charge in [-0.25, -0.2) is 0 Å². The maximum absolute atomic E-state index is 12.6. The Kier molecular flexibility index (Phi) is 3.26. The zero-order valence-corrected chi connectivity index (χ0v) is 11.7. The smallest absolute Gasteiger partial charge is 0.253 e. The molecule has 1 aromatic carbocycles. The number of carbonyl (C=O) groups excluding carboxylic acids is 1. The van der Waals surface area contributed by atoms with Gasteiger partial charge >= 0.3 is 0 Å². The van der Waals surface area contributed by atoms with Crippen LogP contribution in [0.2, 0.25) is 0 Å². The van der Waals surface area contributed by atoms with E-state index in [1.165, 1.54) is 0 Å². The third-order valence-electron chi connectivity index (χ3n) is 4.38. The summed E-state index contributed by atoms with van der Waals surface area (Å²) >= 11 is 0. The SMILES string of the molecule is Cn1cc(C(=O)NC2(CO)CCCC2)c2ccccc21.